The van der Waals surface area contributed by atoms with Gasteiger partial charge in [-0.2, -0.15) is 0 Å². The van der Waals surface area contributed by atoms with Crippen molar-refractivity contribution < 1.29 is 4.74 Å². The third kappa shape index (κ3) is 3.40. The molecular weight excluding hydrogens is 312 g/mol. The SMILES string of the molecule is CCN(CC)CCCOc1cccc2c1c1ccccc1c(=O)n2C. The minimum atomic E-state index is 0.0294. The number of aryl methyl sites for hydroxylation is 1. The summed E-state index contributed by atoms with van der Waals surface area (Å²) in [6.45, 7) is 8.21. The molecule has 0 radical (unpaired) electrons. The van der Waals surface area contributed by atoms with Crippen LogP contribution in [0.1, 0.15) is 20.3 Å². The summed E-state index contributed by atoms with van der Waals surface area (Å²) in [6.07, 6.45) is 0.988. The summed E-state index contributed by atoms with van der Waals surface area (Å²) >= 11 is 0. The van der Waals surface area contributed by atoms with Crippen LogP contribution < -0.4 is 10.3 Å². The van der Waals surface area contributed by atoms with E-state index in [4.69, 9.17) is 4.74 Å². The average molecular weight is 338 g/mol. The minimum absolute atomic E-state index is 0.0294. The first-order valence-electron chi connectivity index (χ1n) is 9.03. The van der Waals surface area contributed by atoms with E-state index < -0.39 is 0 Å². The highest BCUT2D eigenvalue weighted by Crippen LogP contribution is 2.31. The molecule has 25 heavy (non-hydrogen) atoms. The Morgan fingerprint density at radius 1 is 1.00 bits per heavy atom. The second kappa shape index (κ2) is 7.70. The molecule has 132 valence electrons. The Morgan fingerprint density at radius 3 is 2.44 bits per heavy atom. The Hall–Kier alpha value is -2.33. The second-order valence-corrected chi connectivity index (χ2v) is 6.29. The van der Waals surface area contributed by atoms with Crippen molar-refractivity contribution in [1.29, 1.82) is 0 Å². The molecule has 2 aromatic carbocycles. The van der Waals surface area contributed by atoms with Gasteiger partial charge in [0.05, 0.1) is 12.1 Å². The number of hydrogen-bond acceptors (Lipinski definition) is 3. The molecule has 0 aliphatic heterocycles. The quantitative estimate of drug-likeness (QED) is 0.485. The summed E-state index contributed by atoms with van der Waals surface area (Å²) < 4.78 is 7.83. The summed E-state index contributed by atoms with van der Waals surface area (Å²) in [4.78, 5) is 15.0. The van der Waals surface area contributed by atoms with Gasteiger partial charge in [0, 0.05) is 29.8 Å². The number of ether oxygens (including phenoxy) is 1. The van der Waals surface area contributed by atoms with Gasteiger partial charge in [-0.1, -0.05) is 38.1 Å². The van der Waals surface area contributed by atoms with Crippen LogP contribution in [0.4, 0.5) is 0 Å². The molecule has 0 spiro atoms. The Labute approximate surface area is 148 Å². The van der Waals surface area contributed by atoms with Crippen LogP contribution in [0.5, 0.6) is 5.75 Å². The topological polar surface area (TPSA) is 34.5 Å². The largest absolute Gasteiger partial charge is 0.493 e. The van der Waals surface area contributed by atoms with Gasteiger partial charge < -0.3 is 14.2 Å². The summed E-state index contributed by atoms with van der Waals surface area (Å²) in [5.74, 6) is 0.851. The van der Waals surface area contributed by atoms with Gasteiger partial charge in [0.25, 0.3) is 5.56 Å². The number of pyridine rings is 1. The highest BCUT2D eigenvalue weighted by atomic mass is 16.5. The van der Waals surface area contributed by atoms with E-state index in [0.717, 1.165) is 53.5 Å². The van der Waals surface area contributed by atoms with E-state index in [1.54, 1.807) is 4.57 Å². The molecule has 1 heterocycles. The van der Waals surface area contributed by atoms with Crippen LogP contribution >= 0.6 is 0 Å². The monoisotopic (exact) mass is 338 g/mol. The maximum Gasteiger partial charge on any atom is 0.258 e. The van der Waals surface area contributed by atoms with E-state index in [1.807, 2.05) is 49.5 Å². The minimum Gasteiger partial charge on any atom is -0.493 e. The van der Waals surface area contributed by atoms with Crippen molar-refractivity contribution in [3.8, 4) is 5.75 Å². The standard InChI is InChI=1S/C21H26N2O2/c1-4-23(5-2)14-9-15-25-19-13-8-12-18-20(19)16-10-6-7-11-17(16)21(24)22(18)3/h6-8,10-13H,4-5,9,14-15H2,1-3H3. The van der Waals surface area contributed by atoms with Gasteiger partial charge in [0.2, 0.25) is 0 Å². The van der Waals surface area contributed by atoms with Crippen molar-refractivity contribution in [2.45, 2.75) is 20.3 Å². The number of aromatic nitrogens is 1. The highest BCUT2D eigenvalue weighted by molar-refractivity contribution is 6.08. The predicted molar refractivity (Wildman–Crippen MR) is 105 cm³/mol. The van der Waals surface area contributed by atoms with Crippen molar-refractivity contribution in [3.05, 3.63) is 52.8 Å². The normalized spacial score (nSPS) is 11.5. The first-order valence-corrected chi connectivity index (χ1v) is 9.03. The van der Waals surface area contributed by atoms with Gasteiger partial charge in [-0.15, -0.1) is 0 Å². The number of hydrogen-bond donors (Lipinski definition) is 0. The second-order valence-electron chi connectivity index (χ2n) is 6.29. The van der Waals surface area contributed by atoms with Crippen LogP contribution in [0.15, 0.2) is 47.3 Å². The van der Waals surface area contributed by atoms with E-state index >= 15 is 0 Å². The fourth-order valence-corrected chi connectivity index (χ4v) is 3.38. The lowest BCUT2D eigenvalue weighted by Gasteiger charge is -2.18. The van der Waals surface area contributed by atoms with E-state index in [2.05, 4.69) is 18.7 Å². The van der Waals surface area contributed by atoms with Crippen molar-refractivity contribution >= 4 is 21.7 Å². The summed E-state index contributed by atoms with van der Waals surface area (Å²) in [7, 11) is 1.82. The lowest BCUT2D eigenvalue weighted by molar-refractivity contribution is 0.250. The van der Waals surface area contributed by atoms with Crippen LogP contribution in [-0.4, -0.2) is 35.7 Å². The lowest BCUT2D eigenvalue weighted by atomic mass is 10.1. The van der Waals surface area contributed by atoms with Gasteiger partial charge in [-0.05, 0) is 37.7 Å². The fourth-order valence-electron chi connectivity index (χ4n) is 3.38. The molecule has 0 saturated carbocycles. The Kier molecular flexibility index (Phi) is 5.39. The van der Waals surface area contributed by atoms with Crippen molar-refractivity contribution in [1.82, 2.24) is 9.47 Å². The zero-order chi connectivity index (χ0) is 17.8. The van der Waals surface area contributed by atoms with Crippen LogP contribution in [0.2, 0.25) is 0 Å². The molecule has 0 atom stereocenters. The molecule has 3 rings (SSSR count). The van der Waals surface area contributed by atoms with E-state index in [1.165, 1.54) is 0 Å². The Balaban J connectivity index is 1.95. The molecular formula is C21H26N2O2. The molecule has 0 amide bonds. The smallest absolute Gasteiger partial charge is 0.258 e. The van der Waals surface area contributed by atoms with E-state index in [0.29, 0.717) is 6.61 Å². The molecule has 0 N–H and O–H groups in total. The predicted octanol–water partition coefficient (Wildman–Crippen LogP) is 3.80. The van der Waals surface area contributed by atoms with Gasteiger partial charge >= 0.3 is 0 Å². The maximum atomic E-state index is 12.6. The zero-order valence-corrected chi connectivity index (χ0v) is 15.3. The molecule has 4 nitrogen and oxygen atoms in total. The zero-order valence-electron chi connectivity index (χ0n) is 15.3. The third-order valence-corrected chi connectivity index (χ3v) is 4.87. The molecule has 0 unspecified atom stereocenters. The van der Waals surface area contributed by atoms with Crippen molar-refractivity contribution in [2.75, 3.05) is 26.2 Å². The van der Waals surface area contributed by atoms with Crippen molar-refractivity contribution in [3.63, 3.8) is 0 Å². The lowest BCUT2D eigenvalue weighted by Crippen LogP contribution is -2.25. The average Bonchev–Trinajstić information content (AvgIpc) is 2.66. The Bertz CT molecular complexity index is 926. The van der Waals surface area contributed by atoms with Crippen LogP contribution in [0.25, 0.3) is 21.7 Å². The van der Waals surface area contributed by atoms with Gasteiger partial charge in [-0.25, -0.2) is 0 Å². The first kappa shape index (κ1) is 17.5. The fraction of sp³-hybridized carbons (Fsp3) is 0.381. The Morgan fingerprint density at radius 2 is 1.72 bits per heavy atom. The molecule has 4 heteroatoms. The first-order chi connectivity index (χ1) is 12.2. The number of fused-ring (bicyclic) bond motifs is 3. The third-order valence-electron chi connectivity index (χ3n) is 4.87. The molecule has 0 bridgehead atoms. The van der Waals surface area contributed by atoms with Crippen molar-refractivity contribution in [2.24, 2.45) is 7.05 Å². The molecule has 0 saturated heterocycles. The van der Waals surface area contributed by atoms with Gasteiger partial charge in [-0.3, -0.25) is 4.79 Å². The number of benzene rings is 2. The van der Waals surface area contributed by atoms with Crippen LogP contribution in [-0.2, 0) is 7.05 Å². The molecule has 0 aliphatic rings. The highest BCUT2D eigenvalue weighted by Gasteiger charge is 2.12. The summed E-state index contributed by atoms with van der Waals surface area (Å²) in [5, 5.41) is 2.71. The molecule has 3 aromatic rings. The van der Waals surface area contributed by atoms with Gasteiger partial charge in [0.1, 0.15) is 5.75 Å². The van der Waals surface area contributed by atoms with Gasteiger partial charge in [0.15, 0.2) is 0 Å². The maximum absolute atomic E-state index is 12.6. The molecule has 0 aliphatic carbocycles. The summed E-state index contributed by atoms with van der Waals surface area (Å²) in [5.41, 5.74) is 0.937. The van der Waals surface area contributed by atoms with E-state index in [-0.39, 0.29) is 5.56 Å². The molecule has 1 aromatic heterocycles. The van der Waals surface area contributed by atoms with E-state index in [9.17, 15) is 4.79 Å². The summed E-state index contributed by atoms with van der Waals surface area (Å²) in [6, 6.07) is 13.7. The number of nitrogens with zero attached hydrogens (tertiary/aromatic N) is 2. The van der Waals surface area contributed by atoms with Crippen LogP contribution in [0, 0.1) is 0 Å². The van der Waals surface area contributed by atoms with Crippen LogP contribution in [0.3, 0.4) is 0 Å². The number of rotatable bonds is 7. The molecule has 0 fully saturated rings.